The first-order valence-electron chi connectivity index (χ1n) is 6.29. The van der Waals surface area contributed by atoms with Gasteiger partial charge < -0.3 is 14.9 Å². The smallest absolute Gasteiger partial charge is 0.333 e. The SMILES string of the molecule is C=C(CCCCCC(O)O)C(=O)OCCCC. The predicted molar refractivity (Wildman–Crippen MR) is 66.3 cm³/mol. The summed E-state index contributed by atoms with van der Waals surface area (Å²) in [6.45, 7) is 6.20. The highest BCUT2D eigenvalue weighted by Crippen LogP contribution is 2.11. The zero-order valence-corrected chi connectivity index (χ0v) is 10.7. The van der Waals surface area contributed by atoms with E-state index < -0.39 is 6.29 Å². The van der Waals surface area contributed by atoms with Gasteiger partial charge in [-0.25, -0.2) is 4.79 Å². The molecule has 0 amide bonds. The van der Waals surface area contributed by atoms with Gasteiger partial charge in [-0.3, -0.25) is 0 Å². The molecule has 0 saturated carbocycles. The van der Waals surface area contributed by atoms with Crippen LogP contribution in [0.4, 0.5) is 0 Å². The Kier molecular flexibility index (Phi) is 9.77. The Bertz CT molecular complexity index is 223. The maximum absolute atomic E-state index is 11.4. The second-order valence-corrected chi connectivity index (χ2v) is 4.17. The van der Waals surface area contributed by atoms with Crippen LogP contribution in [0.3, 0.4) is 0 Å². The molecule has 17 heavy (non-hydrogen) atoms. The Morgan fingerprint density at radius 1 is 1.24 bits per heavy atom. The first-order valence-corrected chi connectivity index (χ1v) is 6.29. The minimum Gasteiger partial charge on any atom is -0.462 e. The third-order valence-corrected chi connectivity index (χ3v) is 2.46. The lowest BCUT2D eigenvalue weighted by molar-refractivity contribution is -0.139. The van der Waals surface area contributed by atoms with Gasteiger partial charge in [0.05, 0.1) is 6.61 Å². The molecule has 0 aromatic heterocycles. The van der Waals surface area contributed by atoms with Crippen LogP contribution in [-0.2, 0) is 9.53 Å². The van der Waals surface area contributed by atoms with Crippen LogP contribution in [0.15, 0.2) is 12.2 Å². The van der Waals surface area contributed by atoms with E-state index in [1.54, 1.807) is 0 Å². The lowest BCUT2D eigenvalue weighted by atomic mass is 10.1. The lowest BCUT2D eigenvalue weighted by Crippen LogP contribution is -2.08. The number of hydrogen-bond acceptors (Lipinski definition) is 4. The van der Waals surface area contributed by atoms with Crippen molar-refractivity contribution < 1.29 is 19.7 Å². The summed E-state index contributed by atoms with van der Waals surface area (Å²) >= 11 is 0. The van der Waals surface area contributed by atoms with Gasteiger partial charge in [0, 0.05) is 5.57 Å². The second kappa shape index (κ2) is 10.3. The quantitative estimate of drug-likeness (QED) is 0.267. The summed E-state index contributed by atoms with van der Waals surface area (Å²) in [5.74, 6) is -0.305. The number of carbonyl (C=O) groups excluding carboxylic acids is 1. The summed E-state index contributed by atoms with van der Waals surface area (Å²) in [6.07, 6.45) is 4.09. The fourth-order valence-electron chi connectivity index (χ4n) is 1.36. The van der Waals surface area contributed by atoms with E-state index in [2.05, 4.69) is 6.58 Å². The maximum Gasteiger partial charge on any atom is 0.333 e. The summed E-state index contributed by atoms with van der Waals surface area (Å²) in [5.41, 5.74) is 0.505. The number of ether oxygens (including phenoxy) is 1. The molecule has 0 bridgehead atoms. The maximum atomic E-state index is 11.4. The topological polar surface area (TPSA) is 66.8 Å². The largest absolute Gasteiger partial charge is 0.462 e. The van der Waals surface area contributed by atoms with Crippen molar-refractivity contribution >= 4 is 5.97 Å². The minimum atomic E-state index is -1.22. The third-order valence-electron chi connectivity index (χ3n) is 2.46. The normalized spacial score (nSPS) is 10.6. The summed E-state index contributed by atoms with van der Waals surface area (Å²) in [6, 6.07) is 0. The Morgan fingerprint density at radius 2 is 1.94 bits per heavy atom. The van der Waals surface area contributed by atoms with E-state index in [1.165, 1.54) is 0 Å². The molecule has 4 nitrogen and oxygen atoms in total. The Morgan fingerprint density at radius 3 is 2.53 bits per heavy atom. The molecule has 0 fully saturated rings. The van der Waals surface area contributed by atoms with Crippen LogP contribution in [0.25, 0.3) is 0 Å². The molecule has 0 spiro atoms. The van der Waals surface area contributed by atoms with Crippen LogP contribution in [-0.4, -0.2) is 29.1 Å². The number of aliphatic hydroxyl groups excluding tert-OH is 1. The number of unbranched alkanes of at least 4 members (excludes halogenated alkanes) is 3. The second-order valence-electron chi connectivity index (χ2n) is 4.17. The number of rotatable bonds is 10. The first kappa shape index (κ1) is 16.1. The van der Waals surface area contributed by atoms with Gasteiger partial charge in [0.25, 0.3) is 0 Å². The van der Waals surface area contributed by atoms with Crippen LogP contribution in [0.2, 0.25) is 0 Å². The van der Waals surface area contributed by atoms with E-state index >= 15 is 0 Å². The van der Waals surface area contributed by atoms with Gasteiger partial charge in [0.2, 0.25) is 0 Å². The van der Waals surface area contributed by atoms with Crippen LogP contribution in [0.5, 0.6) is 0 Å². The van der Waals surface area contributed by atoms with Crippen molar-refractivity contribution in [2.75, 3.05) is 6.61 Å². The molecule has 0 aliphatic heterocycles. The summed E-state index contributed by atoms with van der Waals surface area (Å²) in [4.78, 5) is 11.4. The van der Waals surface area contributed by atoms with E-state index in [0.29, 0.717) is 25.0 Å². The van der Waals surface area contributed by atoms with Gasteiger partial charge in [-0.15, -0.1) is 0 Å². The summed E-state index contributed by atoms with van der Waals surface area (Å²) in [5, 5.41) is 17.3. The average Bonchev–Trinajstić information content (AvgIpc) is 2.28. The highest BCUT2D eigenvalue weighted by atomic mass is 16.5. The molecular formula is C13H24O4. The molecule has 2 N–H and O–H groups in total. The molecule has 0 atom stereocenters. The zero-order valence-electron chi connectivity index (χ0n) is 10.7. The van der Waals surface area contributed by atoms with Crippen LogP contribution < -0.4 is 0 Å². The fraction of sp³-hybridized carbons (Fsp3) is 0.769. The van der Waals surface area contributed by atoms with Crippen molar-refractivity contribution in [3.05, 3.63) is 12.2 Å². The third kappa shape index (κ3) is 10.0. The first-order chi connectivity index (χ1) is 8.07. The minimum absolute atomic E-state index is 0.305. The molecule has 100 valence electrons. The van der Waals surface area contributed by atoms with Gasteiger partial charge in [-0.2, -0.15) is 0 Å². The molecule has 0 unspecified atom stereocenters. The van der Waals surface area contributed by atoms with Crippen molar-refractivity contribution in [1.82, 2.24) is 0 Å². The number of esters is 1. The number of aliphatic hydroxyl groups is 2. The van der Waals surface area contributed by atoms with Crippen molar-refractivity contribution in [1.29, 1.82) is 0 Å². The van der Waals surface area contributed by atoms with Gasteiger partial charge >= 0.3 is 5.97 Å². The van der Waals surface area contributed by atoms with Crippen molar-refractivity contribution in [3.63, 3.8) is 0 Å². The highest BCUT2D eigenvalue weighted by molar-refractivity contribution is 5.87. The molecule has 0 saturated heterocycles. The van der Waals surface area contributed by atoms with Crippen molar-refractivity contribution in [2.24, 2.45) is 0 Å². The Hall–Kier alpha value is -0.870. The standard InChI is InChI=1S/C13H24O4/c1-3-4-10-17-13(16)11(2)8-6-5-7-9-12(14)15/h12,14-15H,2-10H2,1H3. The van der Waals surface area contributed by atoms with Crippen LogP contribution >= 0.6 is 0 Å². The van der Waals surface area contributed by atoms with Crippen molar-refractivity contribution in [2.45, 2.75) is 58.2 Å². The van der Waals surface area contributed by atoms with Crippen LogP contribution in [0.1, 0.15) is 51.9 Å². The van der Waals surface area contributed by atoms with Gasteiger partial charge in [-0.05, 0) is 32.1 Å². The molecule has 0 rings (SSSR count). The molecule has 4 heteroatoms. The molecule has 0 heterocycles. The van der Waals surface area contributed by atoms with E-state index in [4.69, 9.17) is 14.9 Å². The van der Waals surface area contributed by atoms with E-state index in [1.807, 2.05) is 6.92 Å². The van der Waals surface area contributed by atoms with Crippen molar-refractivity contribution in [3.8, 4) is 0 Å². The Labute approximate surface area is 103 Å². The monoisotopic (exact) mass is 244 g/mol. The average molecular weight is 244 g/mol. The Balaban J connectivity index is 3.47. The van der Waals surface area contributed by atoms with E-state index in [9.17, 15) is 4.79 Å². The molecule has 0 aromatic rings. The summed E-state index contributed by atoms with van der Waals surface area (Å²) < 4.78 is 5.02. The highest BCUT2D eigenvalue weighted by Gasteiger charge is 2.07. The molecule has 0 radical (unpaired) electrons. The van der Waals surface area contributed by atoms with Gasteiger partial charge in [-0.1, -0.05) is 26.3 Å². The van der Waals surface area contributed by atoms with Gasteiger partial charge in [0.15, 0.2) is 6.29 Å². The summed E-state index contributed by atoms with van der Waals surface area (Å²) in [7, 11) is 0. The molecular weight excluding hydrogens is 220 g/mol. The fourth-order valence-corrected chi connectivity index (χ4v) is 1.36. The number of hydrogen-bond donors (Lipinski definition) is 2. The molecule has 0 aliphatic carbocycles. The zero-order chi connectivity index (χ0) is 13.1. The van der Waals surface area contributed by atoms with Crippen LogP contribution in [0, 0.1) is 0 Å². The number of carbonyl (C=O) groups is 1. The predicted octanol–water partition coefficient (Wildman–Crippen LogP) is 2.15. The van der Waals surface area contributed by atoms with E-state index in [0.717, 1.165) is 32.1 Å². The molecule has 0 aliphatic rings. The van der Waals surface area contributed by atoms with E-state index in [-0.39, 0.29) is 5.97 Å². The lowest BCUT2D eigenvalue weighted by Gasteiger charge is -2.07. The van der Waals surface area contributed by atoms with Gasteiger partial charge in [0.1, 0.15) is 0 Å². The molecule has 0 aromatic carbocycles.